The summed E-state index contributed by atoms with van der Waals surface area (Å²) < 4.78 is 15.7. The van der Waals surface area contributed by atoms with Gasteiger partial charge in [-0.25, -0.2) is 9.59 Å². The summed E-state index contributed by atoms with van der Waals surface area (Å²) in [7, 11) is 5.35. The summed E-state index contributed by atoms with van der Waals surface area (Å²) in [6.45, 7) is 5.92. The third-order valence-electron chi connectivity index (χ3n) is 4.82. The number of ether oxygens (including phenoxy) is 3. The first-order valence-corrected chi connectivity index (χ1v) is 10.1. The molecule has 1 unspecified atom stereocenters. The van der Waals surface area contributed by atoms with Crippen molar-refractivity contribution in [2.45, 2.75) is 39.0 Å². The fourth-order valence-corrected chi connectivity index (χ4v) is 3.37. The lowest BCUT2D eigenvalue weighted by Gasteiger charge is -2.32. The maximum absolute atomic E-state index is 12.8. The van der Waals surface area contributed by atoms with Gasteiger partial charge in [0.2, 0.25) is 0 Å². The summed E-state index contributed by atoms with van der Waals surface area (Å²) >= 11 is 0. The maximum atomic E-state index is 12.8. The van der Waals surface area contributed by atoms with Crippen molar-refractivity contribution in [3.05, 3.63) is 41.0 Å². The number of carbonyl (C=O) groups is 2. The number of nitriles is 1. The largest absolute Gasteiger partial charge is 0.497 e. The fraction of sp³-hybridized carbons (Fsp3) is 0.522. The van der Waals surface area contributed by atoms with Crippen LogP contribution in [0.15, 0.2) is 35.4 Å². The third kappa shape index (κ3) is 5.83. The van der Waals surface area contributed by atoms with E-state index >= 15 is 0 Å². The molecule has 0 fully saturated rings. The quantitative estimate of drug-likeness (QED) is 0.237. The van der Waals surface area contributed by atoms with E-state index in [-0.39, 0.29) is 18.8 Å². The molecule has 0 saturated carbocycles. The number of benzene rings is 1. The Hall–Kier alpha value is -2.85. The van der Waals surface area contributed by atoms with E-state index in [2.05, 4.69) is 6.07 Å². The number of allylic oxidation sites excluding steroid dienone is 1. The predicted octanol–water partition coefficient (Wildman–Crippen LogP) is 3.24. The van der Waals surface area contributed by atoms with Crippen LogP contribution in [0.5, 0.6) is 5.75 Å². The van der Waals surface area contributed by atoms with Crippen molar-refractivity contribution in [2.75, 3.05) is 41.0 Å². The van der Waals surface area contributed by atoms with E-state index in [4.69, 9.17) is 14.2 Å². The van der Waals surface area contributed by atoms with Crippen LogP contribution in [0, 0.1) is 11.3 Å². The topological polar surface area (TPSA) is 88.9 Å². The SMILES string of the molecule is CCOC(=O)C(C(=O)OCC)=C(CC)C(C#N)(CCN(C)C)c1cccc(OC)c1. The normalized spacial score (nSPS) is 12.5. The molecule has 30 heavy (non-hydrogen) atoms. The number of hydrogen-bond donors (Lipinski definition) is 0. The molecule has 0 saturated heterocycles. The van der Waals surface area contributed by atoms with Crippen molar-refractivity contribution in [3.63, 3.8) is 0 Å². The maximum Gasteiger partial charge on any atom is 0.345 e. The van der Waals surface area contributed by atoms with Gasteiger partial charge >= 0.3 is 11.9 Å². The molecule has 164 valence electrons. The van der Waals surface area contributed by atoms with Crippen molar-refractivity contribution in [2.24, 2.45) is 0 Å². The van der Waals surface area contributed by atoms with E-state index < -0.39 is 17.4 Å². The van der Waals surface area contributed by atoms with Crippen LogP contribution in [-0.2, 0) is 24.5 Å². The Balaban J connectivity index is 3.89. The fourth-order valence-electron chi connectivity index (χ4n) is 3.37. The lowest BCUT2D eigenvalue weighted by molar-refractivity contribution is -0.146. The van der Waals surface area contributed by atoms with Gasteiger partial charge in [-0.1, -0.05) is 19.1 Å². The van der Waals surface area contributed by atoms with Crippen molar-refractivity contribution in [3.8, 4) is 11.8 Å². The zero-order valence-electron chi connectivity index (χ0n) is 18.8. The van der Waals surface area contributed by atoms with Gasteiger partial charge in [0, 0.05) is 0 Å². The highest BCUT2D eigenvalue weighted by molar-refractivity contribution is 6.15. The van der Waals surface area contributed by atoms with Crippen LogP contribution < -0.4 is 4.74 Å². The average Bonchev–Trinajstić information content (AvgIpc) is 2.73. The van der Waals surface area contributed by atoms with Crippen molar-refractivity contribution in [1.29, 1.82) is 5.26 Å². The summed E-state index contributed by atoms with van der Waals surface area (Å²) in [6.07, 6.45) is 0.667. The van der Waals surface area contributed by atoms with Gasteiger partial charge in [-0.05, 0) is 70.6 Å². The minimum Gasteiger partial charge on any atom is -0.497 e. The van der Waals surface area contributed by atoms with Gasteiger partial charge in [0.25, 0.3) is 0 Å². The summed E-state index contributed by atoms with van der Waals surface area (Å²) in [5.41, 5.74) is -0.405. The van der Waals surface area contributed by atoms with Gasteiger partial charge in [-0.15, -0.1) is 0 Å². The molecule has 0 bridgehead atoms. The van der Waals surface area contributed by atoms with Crippen LogP contribution in [0.3, 0.4) is 0 Å². The molecule has 0 aromatic heterocycles. The molecule has 0 radical (unpaired) electrons. The van der Waals surface area contributed by atoms with Crippen LogP contribution in [0.4, 0.5) is 0 Å². The molecule has 0 aliphatic carbocycles. The summed E-state index contributed by atoms with van der Waals surface area (Å²) in [4.78, 5) is 27.5. The van der Waals surface area contributed by atoms with E-state index in [1.807, 2.05) is 32.0 Å². The average molecular weight is 417 g/mol. The van der Waals surface area contributed by atoms with Gasteiger partial charge in [-0.2, -0.15) is 5.26 Å². The van der Waals surface area contributed by atoms with Crippen molar-refractivity contribution < 1.29 is 23.8 Å². The molecule has 0 spiro atoms. The van der Waals surface area contributed by atoms with E-state index in [0.717, 1.165) is 0 Å². The monoisotopic (exact) mass is 416 g/mol. The highest BCUT2D eigenvalue weighted by Crippen LogP contribution is 2.40. The lowest BCUT2D eigenvalue weighted by Crippen LogP contribution is -2.35. The molecular weight excluding hydrogens is 384 g/mol. The number of hydrogen-bond acceptors (Lipinski definition) is 7. The van der Waals surface area contributed by atoms with Crippen LogP contribution in [0.2, 0.25) is 0 Å². The zero-order valence-corrected chi connectivity index (χ0v) is 18.8. The number of nitrogens with zero attached hydrogens (tertiary/aromatic N) is 2. The molecule has 1 rings (SSSR count). The molecule has 1 atom stereocenters. The molecule has 1 aromatic rings. The number of carbonyl (C=O) groups excluding carboxylic acids is 2. The molecule has 0 aliphatic heterocycles. The summed E-state index contributed by atoms with van der Waals surface area (Å²) in [5, 5.41) is 10.4. The highest BCUT2D eigenvalue weighted by Gasteiger charge is 2.41. The van der Waals surface area contributed by atoms with Gasteiger partial charge in [0.15, 0.2) is 0 Å². The molecular formula is C23H32N2O5. The molecule has 0 N–H and O–H groups in total. The smallest absolute Gasteiger partial charge is 0.345 e. The Morgan fingerprint density at radius 3 is 2.13 bits per heavy atom. The van der Waals surface area contributed by atoms with Crippen LogP contribution in [0.25, 0.3) is 0 Å². The first kappa shape index (κ1) is 25.2. The Bertz CT molecular complexity index is 790. The van der Waals surface area contributed by atoms with Gasteiger partial charge < -0.3 is 19.1 Å². The lowest BCUT2D eigenvalue weighted by atomic mass is 9.70. The summed E-state index contributed by atoms with van der Waals surface area (Å²) in [5.74, 6) is -0.971. The second kappa shape index (κ2) is 12.0. The van der Waals surface area contributed by atoms with Crippen LogP contribution in [0.1, 0.15) is 39.2 Å². The van der Waals surface area contributed by atoms with Crippen molar-refractivity contribution in [1.82, 2.24) is 4.90 Å². The minimum absolute atomic E-state index is 0.106. The van der Waals surface area contributed by atoms with Crippen molar-refractivity contribution >= 4 is 11.9 Å². The Morgan fingerprint density at radius 2 is 1.70 bits per heavy atom. The van der Waals surface area contributed by atoms with E-state index in [0.29, 0.717) is 36.3 Å². The van der Waals surface area contributed by atoms with E-state index in [1.54, 1.807) is 39.2 Å². The Kier molecular flexibility index (Phi) is 10.1. The van der Waals surface area contributed by atoms with Gasteiger partial charge in [0.05, 0.1) is 26.4 Å². The molecule has 0 aliphatic rings. The van der Waals surface area contributed by atoms with Gasteiger partial charge in [0.1, 0.15) is 16.7 Å². The standard InChI is InChI=1S/C23H32N2O5/c1-7-19(20(21(26)29-8-2)22(27)30-9-3)23(16-24,13-14-25(4)5)17-11-10-12-18(15-17)28-6/h10-12,15H,7-9,13-14H2,1-6H3. The molecule has 1 aromatic carbocycles. The Morgan fingerprint density at radius 1 is 1.10 bits per heavy atom. The highest BCUT2D eigenvalue weighted by atomic mass is 16.6. The second-order valence-electron chi connectivity index (χ2n) is 6.95. The Labute approximate surface area is 179 Å². The third-order valence-corrected chi connectivity index (χ3v) is 4.82. The first-order valence-electron chi connectivity index (χ1n) is 10.1. The summed E-state index contributed by atoms with van der Waals surface area (Å²) in [6, 6.07) is 9.56. The number of methoxy groups -OCH3 is 1. The van der Waals surface area contributed by atoms with E-state index in [9.17, 15) is 14.9 Å². The second-order valence-corrected chi connectivity index (χ2v) is 6.95. The molecule has 7 heteroatoms. The first-order chi connectivity index (χ1) is 14.3. The number of esters is 2. The van der Waals surface area contributed by atoms with E-state index in [1.165, 1.54) is 0 Å². The minimum atomic E-state index is -1.23. The van der Waals surface area contributed by atoms with Gasteiger partial charge in [-0.3, -0.25) is 0 Å². The van der Waals surface area contributed by atoms with Crippen LogP contribution >= 0.6 is 0 Å². The number of rotatable bonds is 11. The molecule has 0 amide bonds. The zero-order chi connectivity index (χ0) is 22.7. The molecule has 7 nitrogen and oxygen atoms in total. The predicted molar refractivity (Wildman–Crippen MR) is 114 cm³/mol. The molecule has 0 heterocycles. The van der Waals surface area contributed by atoms with Crippen LogP contribution in [-0.4, -0.2) is 57.8 Å².